The van der Waals surface area contributed by atoms with Crippen LogP contribution in [-0.2, 0) is 10.5 Å². The van der Waals surface area contributed by atoms with Crippen molar-refractivity contribution in [2.24, 2.45) is 5.10 Å². The van der Waals surface area contributed by atoms with Gasteiger partial charge >= 0.3 is 0 Å². The standard InChI is InChI=1S/C23H19ClN4OS3/c1-15(18-9-8-17-4-2-3-5-19(17)12-18)25-26-21(29)14-31-23-28-27-22(32-23)30-13-16-6-10-20(24)11-7-16/h2-12H,13-14H2,1H3,(H,26,29). The summed E-state index contributed by atoms with van der Waals surface area (Å²) < 4.78 is 1.63. The predicted molar refractivity (Wildman–Crippen MR) is 136 cm³/mol. The molecule has 0 spiro atoms. The topological polar surface area (TPSA) is 67.2 Å². The second kappa shape index (κ2) is 11.0. The molecule has 5 nitrogen and oxygen atoms in total. The summed E-state index contributed by atoms with van der Waals surface area (Å²) in [5, 5.41) is 15.6. The highest BCUT2D eigenvalue weighted by atomic mass is 35.5. The highest BCUT2D eigenvalue weighted by Crippen LogP contribution is 2.30. The number of hydrogen-bond acceptors (Lipinski definition) is 7. The Morgan fingerprint density at radius 2 is 1.72 bits per heavy atom. The molecule has 0 bridgehead atoms. The van der Waals surface area contributed by atoms with Crippen LogP contribution in [0.15, 0.2) is 80.5 Å². The number of rotatable bonds is 8. The molecule has 1 heterocycles. The van der Waals surface area contributed by atoms with Crippen LogP contribution in [0.25, 0.3) is 10.8 Å². The van der Waals surface area contributed by atoms with Crippen molar-refractivity contribution in [1.29, 1.82) is 0 Å². The van der Waals surface area contributed by atoms with E-state index < -0.39 is 0 Å². The van der Waals surface area contributed by atoms with Crippen molar-refractivity contribution in [3.63, 3.8) is 0 Å². The molecule has 0 fully saturated rings. The van der Waals surface area contributed by atoms with Crippen LogP contribution in [0.4, 0.5) is 0 Å². The molecule has 32 heavy (non-hydrogen) atoms. The zero-order chi connectivity index (χ0) is 22.3. The quantitative estimate of drug-likeness (QED) is 0.176. The number of halogens is 1. The summed E-state index contributed by atoms with van der Waals surface area (Å²) in [5.41, 5.74) is 5.53. The summed E-state index contributed by atoms with van der Waals surface area (Å²) in [4.78, 5) is 12.2. The molecule has 4 aromatic rings. The van der Waals surface area contributed by atoms with Gasteiger partial charge < -0.3 is 0 Å². The van der Waals surface area contributed by atoms with Crippen molar-refractivity contribution in [2.45, 2.75) is 21.4 Å². The van der Waals surface area contributed by atoms with Crippen LogP contribution < -0.4 is 5.43 Å². The van der Waals surface area contributed by atoms with E-state index >= 15 is 0 Å². The average Bonchev–Trinajstić information content (AvgIpc) is 3.28. The largest absolute Gasteiger partial charge is 0.272 e. The average molecular weight is 499 g/mol. The molecular weight excluding hydrogens is 480 g/mol. The minimum Gasteiger partial charge on any atom is -0.272 e. The van der Waals surface area contributed by atoms with Gasteiger partial charge in [0.1, 0.15) is 0 Å². The minimum absolute atomic E-state index is 0.180. The van der Waals surface area contributed by atoms with Crippen LogP contribution in [0.5, 0.6) is 0 Å². The number of carbonyl (C=O) groups excluding carboxylic acids is 1. The van der Waals surface area contributed by atoms with Gasteiger partial charge in [0.2, 0.25) is 0 Å². The van der Waals surface area contributed by atoms with Crippen molar-refractivity contribution >= 4 is 68.9 Å². The normalized spacial score (nSPS) is 11.6. The Morgan fingerprint density at radius 1 is 1.00 bits per heavy atom. The van der Waals surface area contributed by atoms with Gasteiger partial charge in [-0.1, -0.05) is 95.0 Å². The summed E-state index contributed by atoms with van der Waals surface area (Å²) in [7, 11) is 0. The third kappa shape index (κ3) is 6.32. The monoisotopic (exact) mass is 498 g/mol. The Morgan fingerprint density at radius 3 is 2.50 bits per heavy atom. The first-order chi connectivity index (χ1) is 15.6. The van der Waals surface area contributed by atoms with Crippen molar-refractivity contribution in [1.82, 2.24) is 15.6 Å². The number of hydrazone groups is 1. The van der Waals surface area contributed by atoms with E-state index in [9.17, 15) is 4.79 Å². The number of nitrogens with one attached hydrogen (secondary N) is 1. The maximum atomic E-state index is 12.2. The summed E-state index contributed by atoms with van der Waals surface area (Å²) in [6.07, 6.45) is 0. The predicted octanol–water partition coefficient (Wildman–Crippen LogP) is 6.27. The van der Waals surface area contributed by atoms with E-state index in [4.69, 9.17) is 11.6 Å². The van der Waals surface area contributed by atoms with Crippen LogP contribution in [-0.4, -0.2) is 27.6 Å². The van der Waals surface area contributed by atoms with E-state index in [-0.39, 0.29) is 11.7 Å². The minimum atomic E-state index is -0.180. The SMILES string of the molecule is CC(=NNC(=O)CSc1nnc(SCc2ccc(Cl)cc2)s1)c1ccc2ccccc2c1. The van der Waals surface area contributed by atoms with Crippen LogP contribution >= 0.6 is 46.5 Å². The Kier molecular flexibility index (Phi) is 7.81. The zero-order valence-corrected chi connectivity index (χ0v) is 20.3. The number of aromatic nitrogens is 2. The Balaban J connectivity index is 1.25. The van der Waals surface area contributed by atoms with Gasteiger partial charge in [-0.15, -0.1) is 10.2 Å². The lowest BCUT2D eigenvalue weighted by Gasteiger charge is -2.04. The molecule has 0 aliphatic rings. The summed E-state index contributed by atoms with van der Waals surface area (Å²) in [6, 6.07) is 22.0. The first kappa shape index (κ1) is 22.8. The number of nitrogens with zero attached hydrogens (tertiary/aromatic N) is 3. The van der Waals surface area contributed by atoms with Crippen molar-refractivity contribution in [3.8, 4) is 0 Å². The van der Waals surface area contributed by atoms with Gasteiger partial charge in [0.15, 0.2) is 8.68 Å². The molecule has 162 valence electrons. The van der Waals surface area contributed by atoms with Gasteiger partial charge in [0, 0.05) is 10.8 Å². The molecule has 0 aliphatic carbocycles. The number of carbonyl (C=O) groups is 1. The van der Waals surface area contributed by atoms with E-state index in [2.05, 4.69) is 45.0 Å². The van der Waals surface area contributed by atoms with Gasteiger partial charge in [-0.25, -0.2) is 5.43 Å². The van der Waals surface area contributed by atoms with E-state index in [1.54, 1.807) is 11.8 Å². The Bertz CT molecular complexity index is 1260. The molecule has 3 aromatic carbocycles. The van der Waals surface area contributed by atoms with Crippen molar-refractivity contribution in [3.05, 3.63) is 82.9 Å². The molecule has 1 N–H and O–H groups in total. The molecule has 0 unspecified atom stereocenters. The number of hydrogen-bond donors (Lipinski definition) is 1. The highest BCUT2D eigenvalue weighted by molar-refractivity contribution is 8.03. The first-order valence-corrected chi connectivity index (χ1v) is 12.9. The van der Waals surface area contributed by atoms with Gasteiger partial charge in [-0.2, -0.15) is 5.10 Å². The highest BCUT2D eigenvalue weighted by Gasteiger charge is 2.09. The van der Waals surface area contributed by atoms with Gasteiger partial charge in [0.05, 0.1) is 11.5 Å². The smallest absolute Gasteiger partial charge is 0.250 e. The number of amides is 1. The molecule has 9 heteroatoms. The second-order valence-corrected chi connectivity index (χ2v) is 10.7. The van der Waals surface area contributed by atoms with Crippen LogP contribution in [0.2, 0.25) is 5.02 Å². The number of thioether (sulfide) groups is 2. The lowest BCUT2D eigenvalue weighted by Crippen LogP contribution is -2.21. The second-order valence-electron chi connectivity index (χ2n) is 6.83. The first-order valence-electron chi connectivity index (χ1n) is 9.73. The van der Waals surface area contributed by atoms with Crippen LogP contribution in [0.3, 0.4) is 0 Å². The van der Waals surface area contributed by atoms with Crippen LogP contribution in [0.1, 0.15) is 18.1 Å². The summed E-state index contributed by atoms with van der Waals surface area (Å²) in [6.45, 7) is 1.88. The lowest BCUT2D eigenvalue weighted by atomic mass is 10.0. The Hall–Kier alpha value is -2.39. The van der Waals surface area contributed by atoms with Crippen LogP contribution in [0, 0.1) is 0 Å². The molecule has 0 radical (unpaired) electrons. The molecule has 0 aliphatic heterocycles. The summed E-state index contributed by atoms with van der Waals surface area (Å²) in [5.74, 6) is 0.839. The molecule has 0 saturated carbocycles. The van der Waals surface area contributed by atoms with Crippen molar-refractivity contribution < 1.29 is 4.79 Å². The fourth-order valence-electron chi connectivity index (χ4n) is 2.82. The number of fused-ring (bicyclic) bond motifs is 1. The molecule has 4 rings (SSSR count). The molecule has 1 amide bonds. The fraction of sp³-hybridized carbons (Fsp3) is 0.130. The fourth-order valence-corrected chi connectivity index (χ4v) is 5.72. The maximum absolute atomic E-state index is 12.2. The van der Waals surface area contributed by atoms with E-state index in [0.29, 0.717) is 0 Å². The molecule has 1 aromatic heterocycles. The lowest BCUT2D eigenvalue weighted by molar-refractivity contribution is -0.118. The van der Waals surface area contributed by atoms with Gasteiger partial charge in [0.25, 0.3) is 5.91 Å². The molecule has 0 atom stereocenters. The van der Waals surface area contributed by atoms with E-state index in [1.165, 1.54) is 34.0 Å². The van der Waals surface area contributed by atoms with E-state index in [1.807, 2.05) is 49.4 Å². The van der Waals surface area contributed by atoms with Gasteiger partial charge in [-0.05, 0) is 47.0 Å². The Labute approximate surface area is 203 Å². The zero-order valence-electron chi connectivity index (χ0n) is 17.1. The van der Waals surface area contributed by atoms with E-state index in [0.717, 1.165) is 36.1 Å². The summed E-state index contributed by atoms with van der Waals surface area (Å²) >= 11 is 10.4. The maximum Gasteiger partial charge on any atom is 0.250 e. The van der Waals surface area contributed by atoms with Crippen molar-refractivity contribution in [2.75, 3.05) is 5.75 Å². The third-order valence-electron chi connectivity index (χ3n) is 4.51. The number of benzene rings is 3. The third-order valence-corrected chi connectivity index (χ3v) is 8.02. The molecule has 0 saturated heterocycles. The van der Waals surface area contributed by atoms with Gasteiger partial charge in [-0.3, -0.25) is 4.79 Å². The molecular formula is C23H19ClN4OS3.